The number of carbonyl (C=O) groups excluding carboxylic acids is 1. The first-order valence-electron chi connectivity index (χ1n) is 17.1. The van der Waals surface area contributed by atoms with Gasteiger partial charge in [0.25, 0.3) is 0 Å². The minimum atomic E-state index is -0.393. The van der Waals surface area contributed by atoms with Gasteiger partial charge in [-0.05, 0) is 103 Å². The number of ketones is 1. The van der Waals surface area contributed by atoms with Crippen LogP contribution in [0.15, 0.2) is 77.4 Å². The Bertz CT molecular complexity index is 1810. The molecule has 1 aliphatic carbocycles. The summed E-state index contributed by atoms with van der Waals surface area (Å²) in [5.74, 6) is 2.99. The summed E-state index contributed by atoms with van der Waals surface area (Å²) >= 11 is 0. The molecule has 0 atom stereocenters. The van der Waals surface area contributed by atoms with Gasteiger partial charge in [-0.15, -0.1) is 6.42 Å². The van der Waals surface area contributed by atoms with Crippen LogP contribution >= 0.6 is 0 Å². The topological polar surface area (TPSA) is 77.8 Å². The number of aliphatic hydroxyl groups is 2. The van der Waals surface area contributed by atoms with Crippen LogP contribution < -0.4 is 0 Å². The second kappa shape index (κ2) is 13.3. The number of phenolic OH excluding ortho intramolecular Hbond substituents is 1. The van der Waals surface area contributed by atoms with Crippen LogP contribution in [0, 0.1) is 23.2 Å². The van der Waals surface area contributed by atoms with Crippen molar-refractivity contribution in [3.63, 3.8) is 0 Å². The summed E-state index contributed by atoms with van der Waals surface area (Å²) in [5.41, 5.74) is 9.01. The van der Waals surface area contributed by atoms with E-state index in [2.05, 4.69) is 113 Å². The number of phenols is 1. The maximum absolute atomic E-state index is 14.0. The molecule has 4 heteroatoms. The van der Waals surface area contributed by atoms with Crippen molar-refractivity contribution in [1.29, 1.82) is 0 Å². The fourth-order valence-corrected chi connectivity index (χ4v) is 6.58. The molecule has 0 bridgehead atoms. The van der Waals surface area contributed by atoms with Crippen LogP contribution in [0.3, 0.4) is 0 Å². The van der Waals surface area contributed by atoms with Gasteiger partial charge in [0, 0.05) is 27.8 Å². The van der Waals surface area contributed by atoms with E-state index in [1.807, 2.05) is 24.3 Å². The molecule has 0 spiro atoms. The first kappa shape index (κ1) is 37.6. The number of Topliss-reactive ketones (excluding diaryl/α,β-unsaturated/α-hetero) is 1. The minimum absolute atomic E-state index is 0.0680. The summed E-state index contributed by atoms with van der Waals surface area (Å²) in [6.45, 7) is 24.7. The molecule has 1 aliphatic rings. The lowest BCUT2D eigenvalue weighted by atomic mass is 9.70. The zero-order valence-electron chi connectivity index (χ0n) is 31.5. The van der Waals surface area contributed by atoms with Gasteiger partial charge in [0.15, 0.2) is 5.78 Å². The first-order chi connectivity index (χ1) is 22.5. The average Bonchev–Trinajstić information content (AvgIpc) is 2.99. The van der Waals surface area contributed by atoms with Crippen LogP contribution in [-0.4, -0.2) is 21.1 Å². The van der Waals surface area contributed by atoms with Crippen molar-refractivity contribution in [2.45, 2.75) is 107 Å². The lowest BCUT2D eigenvalue weighted by Gasteiger charge is -2.32. The van der Waals surface area contributed by atoms with Gasteiger partial charge in [0.05, 0.1) is 13.2 Å². The Labute approximate surface area is 294 Å². The van der Waals surface area contributed by atoms with Gasteiger partial charge in [-0.25, -0.2) is 0 Å². The van der Waals surface area contributed by atoms with Gasteiger partial charge in [0.2, 0.25) is 0 Å². The maximum atomic E-state index is 14.0. The second-order valence-corrected chi connectivity index (χ2v) is 17.4. The number of carbonyl (C=O) groups is 1. The quantitative estimate of drug-likeness (QED) is 0.239. The van der Waals surface area contributed by atoms with Gasteiger partial charge < -0.3 is 15.3 Å². The summed E-state index contributed by atoms with van der Waals surface area (Å²) < 4.78 is 0. The Balaban J connectivity index is 2.16. The second-order valence-electron chi connectivity index (χ2n) is 17.4. The number of terminal acetylenes is 1. The monoisotopic (exact) mass is 658 g/mol. The SMILES string of the molecule is C#Cc1cc(CO)c(-c2ccc(C(=C3C=C(C(C)(C)C)C(=O)C(C(C)(C)C)=C3)c3cc(C(C)(C)C)c(O)c(C(C)(C)C)c3)cc2)c(CO)c1. The van der Waals surface area contributed by atoms with E-state index in [0.717, 1.165) is 55.7 Å². The van der Waals surface area contributed by atoms with Crippen LogP contribution in [0.5, 0.6) is 5.75 Å². The van der Waals surface area contributed by atoms with E-state index in [4.69, 9.17) is 6.42 Å². The third-order valence-electron chi connectivity index (χ3n) is 9.28. The highest BCUT2D eigenvalue weighted by Gasteiger charge is 2.35. The zero-order valence-corrected chi connectivity index (χ0v) is 31.5. The fraction of sp³-hybridized carbons (Fsp3) is 0.400. The van der Waals surface area contributed by atoms with E-state index in [9.17, 15) is 20.1 Å². The van der Waals surface area contributed by atoms with E-state index < -0.39 is 10.8 Å². The third kappa shape index (κ3) is 7.70. The summed E-state index contributed by atoms with van der Waals surface area (Å²) in [6.07, 6.45) is 9.76. The molecular weight excluding hydrogens is 604 g/mol. The number of aliphatic hydroxyl groups excluding tert-OH is 2. The molecule has 0 unspecified atom stereocenters. The molecule has 258 valence electrons. The highest BCUT2D eigenvalue weighted by molar-refractivity contribution is 6.12. The number of benzene rings is 3. The van der Waals surface area contributed by atoms with Crippen LogP contribution in [-0.2, 0) is 28.8 Å². The van der Waals surface area contributed by atoms with Crippen LogP contribution in [0.2, 0.25) is 0 Å². The van der Waals surface area contributed by atoms with Gasteiger partial charge >= 0.3 is 0 Å². The molecule has 49 heavy (non-hydrogen) atoms. The summed E-state index contributed by atoms with van der Waals surface area (Å²) in [5, 5.41) is 32.2. The van der Waals surface area contributed by atoms with Crippen molar-refractivity contribution in [3.05, 3.63) is 116 Å². The van der Waals surface area contributed by atoms with Crippen molar-refractivity contribution in [2.24, 2.45) is 10.8 Å². The molecule has 0 radical (unpaired) electrons. The number of hydrogen-bond acceptors (Lipinski definition) is 4. The zero-order chi connectivity index (χ0) is 36.9. The molecule has 0 saturated carbocycles. The Morgan fingerprint density at radius 2 is 1.08 bits per heavy atom. The van der Waals surface area contributed by atoms with Crippen molar-refractivity contribution in [2.75, 3.05) is 0 Å². The molecule has 4 nitrogen and oxygen atoms in total. The molecule has 3 aromatic carbocycles. The molecule has 3 N–H and O–H groups in total. The molecule has 0 amide bonds. The van der Waals surface area contributed by atoms with E-state index in [-0.39, 0.29) is 29.8 Å². The largest absolute Gasteiger partial charge is 0.507 e. The van der Waals surface area contributed by atoms with Crippen LogP contribution in [0.4, 0.5) is 0 Å². The van der Waals surface area contributed by atoms with Crippen molar-refractivity contribution < 1.29 is 20.1 Å². The molecule has 0 saturated heterocycles. The number of allylic oxidation sites excluding steroid dienone is 5. The molecule has 0 heterocycles. The minimum Gasteiger partial charge on any atom is -0.507 e. The predicted octanol–water partition coefficient (Wildman–Crippen LogP) is 9.95. The Kier molecular flexibility index (Phi) is 10.2. The van der Waals surface area contributed by atoms with E-state index >= 15 is 0 Å². The Morgan fingerprint density at radius 3 is 1.43 bits per heavy atom. The van der Waals surface area contributed by atoms with Gasteiger partial charge in [-0.2, -0.15) is 0 Å². The molecular formula is C45H54O4. The maximum Gasteiger partial charge on any atom is 0.186 e. The highest BCUT2D eigenvalue weighted by atomic mass is 16.3. The molecule has 3 aromatic rings. The summed E-state index contributed by atoms with van der Waals surface area (Å²) in [4.78, 5) is 14.0. The number of hydrogen-bond donors (Lipinski definition) is 3. The molecule has 4 rings (SSSR count). The molecule has 0 aromatic heterocycles. The van der Waals surface area contributed by atoms with E-state index in [1.54, 1.807) is 12.1 Å². The summed E-state index contributed by atoms with van der Waals surface area (Å²) in [6, 6.07) is 15.9. The normalized spacial score (nSPS) is 14.4. The van der Waals surface area contributed by atoms with Crippen molar-refractivity contribution >= 4 is 11.4 Å². The third-order valence-corrected chi connectivity index (χ3v) is 9.28. The van der Waals surface area contributed by atoms with Gasteiger partial charge in [-0.3, -0.25) is 4.79 Å². The number of aromatic hydroxyl groups is 1. The Hall–Kier alpha value is -4.17. The fourth-order valence-electron chi connectivity index (χ4n) is 6.58. The van der Waals surface area contributed by atoms with Crippen LogP contribution in [0.25, 0.3) is 16.7 Å². The first-order valence-corrected chi connectivity index (χ1v) is 17.1. The Morgan fingerprint density at radius 1 is 0.653 bits per heavy atom. The summed E-state index contributed by atoms with van der Waals surface area (Å²) in [7, 11) is 0. The predicted molar refractivity (Wildman–Crippen MR) is 203 cm³/mol. The molecule has 0 aliphatic heterocycles. The number of rotatable bonds is 5. The lowest BCUT2D eigenvalue weighted by molar-refractivity contribution is -0.114. The van der Waals surface area contributed by atoms with E-state index in [0.29, 0.717) is 22.4 Å². The van der Waals surface area contributed by atoms with Crippen LogP contribution in [0.1, 0.15) is 122 Å². The standard InChI is InChI=1S/C45H54O4/c1-14-27-19-32(25-46)39(33(20-27)26-47)29-17-15-28(16-18-29)38(30-21-34(42(2,3)4)40(48)35(22-30)43(5,6)7)31-23-36(44(8,9)10)41(49)37(24-31)45(11,12)13/h1,15-24,46-48H,25-26H2,2-13H3. The smallest absolute Gasteiger partial charge is 0.186 e. The van der Waals surface area contributed by atoms with Gasteiger partial charge in [-0.1, -0.05) is 113 Å². The molecule has 0 fully saturated rings. The average molecular weight is 659 g/mol. The highest BCUT2D eigenvalue weighted by Crippen LogP contribution is 2.46. The lowest BCUT2D eigenvalue weighted by Crippen LogP contribution is -2.28. The van der Waals surface area contributed by atoms with E-state index in [1.165, 1.54) is 0 Å². The van der Waals surface area contributed by atoms with Crippen molar-refractivity contribution in [1.82, 2.24) is 0 Å². The van der Waals surface area contributed by atoms with Gasteiger partial charge in [0.1, 0.15) is 5.75 Å². The van der Waals surface area contributed by atoms with Crippen molar-refractivity contribution in [3.8, 4) is 29.2 Å².